The summed E-state index contributed by atoms with van der Waals surface area (Å²) in [6.45, 7) is 3.49. The van der Waals surface area contributed by atoms with Gasteiger partial charge in [-0.2, -0.15) is 0 Å². The third kappa shape index (κ3) is 2.75. The van der Waals surface area contributed by atoms with Crippen LogP contribution in [0.5, 0.6) is 0 Å². The Morgan fingerprint density at radius 1 is 0.957 bits per heavy atom. The van der Waals surface area contributed by atoms with Gasteiger partial charge in [0.2, 0.25) is 0 Å². The minimum Gasteiger partial charge on any atom is -0.256 e. The summed E-state index contributed by atoms with van der Waals surface area (Å²) in [6, 6.07) is 17.6. The predicted octanol–water partition coefficient (Wildman–Crippen LogP) is 4.18. The van der Waals surface area contributed by atoms with Crippen molar-refractivity contribution in [3.05, 3.63) is 66.4 Å². The van der Waals surface area contributed by atoms with Gasteiger partial charge in [-0.05, 0) is 43.2 Å². The van der Waals surface area contributed by atoms with Crippen molar-refractivity contribution in [1.29, 1.82) is 0 Å². The molecule has 2 aromatic carbocycles. The molecule has 0 radical (unpaired) electrons. The largest absolute Gasteiger partial charge is 0.256 e. The molecule has 118 valence electrons. The highest BCUT2D eigenvalue weighted by molar-refractivity contribution is 7.91. The molecule has 0 atom stereocenters. The summed E-state index contributed by atoms with van der Waals surface area (Å²) in [7, 11) is -3.24. The van der Waals surface area contributed by atoms with Crippen LogP contribution in [0.4, 0.5) is 0 Å². The highest BCUT2D eigenvalue weighted by atomic mass is 32.2. The summed E-state index contributed by atoms with van der Waals surface area (Å²) < 4.78 is 23.5. The second-order valence-electron chi connectivity index (χ2n) is 6.25. The fourth-order valence-electron chi connectivity index (χ4n) is 2.59. The second-order valence-corrected chi connectivity index (χ2v) is 8.81. The van der Waals surface area contributed by atoms with Gasteiger partial charge in [0.15, 0.2) is 9.84 Å². The van der Waals surface area contributed by atoms with Gasteiger partial charge in [-0.3, -0.25) is 4.98 Å². The Morgan fingerprint density at radius 2 is 1.65 bits per heavy atom. The summed E-state index contributed by atoms with van der Waals surface area (Å²) >= 11 is 0. The zero-order chi connectivity index (χ0) is 16.7. The number of aromatic nitrogens is 1. The maximum atomic E-state index is 12.2. The van der Waals surface area contributed by atoms with Crippen molar-refractivity contribution >= 4 is 20.7 Å². The zero-order valence-electron chi connectivity index (χ0n) is 13.4. The fourth-order valence-corrected chi connectivity index (χ4v) is 3.14. The first-order valence-electron chi connectivity index (χ1n) is 7.45. The van der Waals surface area contributed by atoms with E-state index in [0.717, 1.165) is 27.6 Å². The third-order valence-electron chi connectivity index (χ3n) is 4.41. The number of benzene rings is 2. The van der Waals surface area contributed by atoms with Crippen LogP contribution in [0.1, 0.15) is 19.4 Å². The highest BCUT2D eigenvalue weighted by Crippen LogP contribution is 2.36. The first-order chi connectivity index (χ1) is 10.8. The van der Waals surface area contributed by atoms with Gasteiger partial charge in [-0.15, -0.1) is 0 Å². The van der Waals surface area contributed by atoms with Gasteiger partial charge in [-0.25, -0.2) is 8.42 Å². The van der Waals surface area contributed by atoms with Gasteiger partial charge >= 0.3 is 0 Å². The van der Waals surface area contributed by atoms with E-state index in [9.17, 15) is 8.42 Å². The number of nitrogens with zero attached hydrogens (tertiary/aromatic N) is 1. The molecule has 4 heteroatoms. The van der Waals surface area contributed by atoms with E-state index < -0.39 is 14.6 Å². The Hall–Kier alpha value is -2.20. The Bertz CT molecular complexity index is 961. The van der Waals surface area contributed by atoms with Gasteiger partial charge in [0, 0.05) is 23.4 Å². The van der Waals surface area contributed by atoms with Gasteiger partial charge in [0.05, 0.1) is 10.3 Å². The van der Waals surface area contributed by atoms with E-state index >= 15 is 0 Å². The van der Waals surface area contributed by atoms with Crippen molar-refractivity contribution in [3.8, 4) is 11.1 Å². The number of sulfone groups is 1. The van der Waals surface area contributed by atoms with Crippen LogP contribution in [0.3, 0.4) is 0 Å². The Kier molecular flexibility index (Phi) is 3.72. The first kappa shape index (κ1) is 15.7. The lowest BCUT2D eigenvalue weighted by molar-refractivity contribution is 0.561. The van der Waals surface area contributed by atoms with E-state index in [2.05, 4.69) is 4.98 Å². The monoisotopic (exact) mass is 325 g/mol. The van der Waals surface area contributed by atoms with Crippen LogP contribution in [0.2, 0.25) is 0 Å². The molecular formula is C19H19NO2S. The van der Waals surface area contributed by atoms with E-state index in [1.165, 1.54) is 6.26 Å². The van der Waals surface area contributed by atoms with E-state index in [1.54, 1.807) is 20.0 Å². The van der Waals surface area contributed by atoms with Crippen LogP contribution in [0.25, 0.3) is 22.0 Å². The number of hydrogen-bond donors (Lipinski definition) is 0. The first-order valence-corrected chi connectivity index (χ1v) is 9.34. The number of fused-ring (bicyclic) bond motifs is 1. The molecule has 3 aromatic rings. The lowest BCUT2D eigenvalue weighted by Gasteiger charge is -2.24. The van der Waals surface area contributed by atoms with E-state index in [0.29, 0.717) is 0 Å². The average molecular weight is 325 g/mol. The number of hydrogen-bond acceptors (Lipinski definition) is 3. The minimum absolute atomic E-state index is 0.777. The number of rotatable bonds is 3. The topological polar surface area (TPSA) is 47.0 Å². The van der Waals surface area contributed by atoms with Gasteiger partial charge in [0.1, 0.15) is 0 Å². The van der Waals surface area contributed by atoms with Crippen molar-refractivity contribution in [3.63, 3.8) is 0 Å². The Morgan fingerprint density at radius 3 is 2.30 bits per heavy atom. The molecule has 0 saturated heterocycles. The van der Waals surface area contributed by atoms with Crippen molar-refractivity contribution in [2.75, 3.05) is 6.26 Å². The molecule has 0 N–H and O–H groups in total. The SMILES string of the molecule is CC(C)(c1cc(-c2ccccc2)c2ncccc2c1)S(C)(=O)=O. The highest BCUT2D eigenvalue weighted by Gasteiger charge is 2.33. The quantitative estimate of drug-likeness (QED) is 0.725. The average Bonchev–Trinajstić information content (AvgIpc) is 2.53. The molecule has 3 rings (SSSR count). The lowest BCUT2D eigenvalue weighted by Crippen LogP contribution is -2.28. The van der Waals surface area contributed by atoms with Gasteiger partial charge in [-0.1, -0.05) is 36.4 Å². The molecule has 1 heterocycles. The second kappa shape index (κ2) is 5.46. The van der Waals surface area contributed by atoms with Crippen LogP contribution >= 0.6 is 0 Å². The molecule has 0 unspecified atom stereocenters. The van der Waals surface area contributed by atoms with Gasteiger partial charge in [0.25, 0.3) is 0 Å². The summed E-state index contributed by atoms with van der Waals surface area (Å²) in [6.07, 6.45) is 3.04. The van der Waals surface area contributed by atoms with E-state index in [-0.39, 0.29) is 0 Å². The van der Waals surface area contributed by atoms with Crippen molar-refractivity contribution in [2.24, 2.45) is 0 Å². The smallest absolute Gasteiger partial charge is 0.156 e. The van der Waals surface area contributed by atoms with Gasteiger partial charge < -0.3 is 0 Å². The zero-order valence-corrected chi connectivity index (χ0v) is 14.3. The minimum atomic E-state index is -3.24. The Labute approximate surface area is 136 Å². The van der Waals surface area contributed by atoms with Crippen LogP contribution < -0.4 is 0 Å². The van der Waals surface area contributed by atoms with Crippen LogP contribution in [0, 0.1) is 0 Å². The van der Waals surface area contributed by atoms with Crippen molar-refractivity contribution in [2.45, 2.75) is 18.6 Å². The lowest BCUT2D eigenvalue weighted by atomic mass is 9.93. The molecule has 0 saturated carbocycles. The van der Waals surface area contributed by atoms with Crippen molar-refractivity contribution in [1.82, 2.24) is 4.98 Å². The maximum absolute atomic E-state index is 12.2. The van der Waals surface area contributed by atoms with E-state index in [4.69, 9.17) is 0 Å². The summed E-state index contributed by atoms with van der Waals surface area (Å²) in [5, 5.41) is 0.945. The predicted molar refractivity (Wildman–Crippen MR) is 95.0 cm³/mol. The van der Waals surface area contributed by atoms with Crippen molar-refractivity contribution < 1.29 is 8.42 Å². The maximum Gasteiger partial charge on any atom is 0.156 e. The molecule has 0 aliphatic rings. The molecule has 0 spiro atoms. The number of pyridine rings is 1. The third-order valence-corrected chi connectivity index (χ3v) is 6.50. The van der Waals surface area contributed by atoms with Crippen LogP contribution in [-0.2, 0) is 14.6 Å². The summed E-state index contributed by atoms with van der Waals surface area (Å²) in [5.74, 6) is 0. The molecular weight excluding hydrogens is 306 g/mol. The summed E-state index contributed by atoms with van der Waals surface area (Å²) in [5.41, 5.74) is 3.64. The summed E-state index contributed by atoms with van der Waals surface area (Å²) in [4.78, 5) is 4.49. The van der Waals surface area contributed by atoms with Crippen LogP contribution in [-0.4, -0.2) is 19.7 Å². The molecule has 3 nitrogen and oxygen atoms in total. The fraction of sp³-hybridized carbons (Fsp3) is 0.211. The molecule has 0 amide bonds. The van der Waals surface area contributed by atoms with Crippen LogP contribution in [0.15, 0.2) is 60.8 Å². The molecule has 0 bridgehead atoms. The standard InChI is InChI=1S/C19H19NO2S/c1-19(2,23(3,21)22)16-12-15-10-7-11-20-18(15)17(13-16)14-8-5-4-6-9-14/h4-13H,1-3H3. The molecule has 0 aliphatic carbocycles. The van der Waals surface area contributed by atoms with E-state index in [1.807, 2.05) is 54.6 Å². The molecule has 23 heavy (non-hydrogen) atoms. The molecule has 0 fully saturated rings. The molecule has 0 aliphatic heterocycles. The molecule has 1 aromatic heterocycles. The Balaban J connectivity index is 2.36. The normalized spacial score (nSPS) is 12.5.